The fraction of sp³-hybridized carbons (Fsp3) is 0.650. The van der Waals surface area contributed by atoms with Crippen LogP contribution < -0.4 is 10.6 Å². The van der Waals surface area contributed by atoms with Crippen molar-refractivity contribution in [3.05, 3.63) is 35.9 Å². The number of nitrogens with one attached hydrogen (secondary N) is 2. The molecule has 1 aromatic carbocycles. The van der Waals surface area contributed by atoms with Crippen molar-refractivity contribution in [2.75, 3.05) is 25.9 Å². The number of benzene rings is 1. The van der Waals surface area contributed by atoms with Gasteiger partial charge < -0.3 is 10.6 Å². The van der Waals surface area contributed by atoms with Crippen molar-refractivity contribution >= 4 is 16.8 Å². The number of rotatable bonds is 6. The lowest BCUT2D eigenvalue weighted by atomic mass is 10.2. The van der Waals surface area contributed by atoms with Gasteiger partial charge in [-0.25, -0.2) is 0 Å². The van der Waals surface area contributed by atoms with E-state index in [1.807, 2.05) is 20.8 Å². The summed E-state index contributed by atoms with van der Waals surface area (Å²) in [6, 6.07) is 11.5. The van der Waals surface area contributed by atoms with Gasteiger partial charge in [0.1, 0.15) is 0 Å². The highest BCUT2D eigenvalue weighted by Crippen LogP contribution is 2.20. The molecule has 1 heterocycles. The van der Waals surface area contributed by atoms with Gasteiger partial charge in [-0.3, -0.25) is 14.1 Å². The minimum Gasteiger partial charge on any atom is -0.355 e. The molecule has 0 aromatic heterocycles. The largest absolute Gasteiger partial charge is 0.355 e. The molecule has 1 aliphatic heterocycles. The first-order valence-corrected chi connectivity index (χ1v) is 10.7. The van der Waals surface area contributed by atoms with Crippen molar-refractivity contribution in [2.45, 2.75) is 57.5 Å². The molecule has 0 aliphatic carbocycles. The van der Waals surface area contributed by atoms with Crippen LogP contribution in [-0.4, -0.2) is 57.8 Å². The zero-order valence-electron chi connectivity index (χ0n) is 16.8. The van der Waals surface area contributed by atoms with Crippen molar-refractivity contribution in [3.8, 4) is 0 Å². The second-order valence-electron chi connectivity index (χ2n) is 8.00. The summed E-state index contributed by atoms with van der Waals surface area (Å²) < 4.78 is 12.0. The molecule has 3 unspecified atom stereocenters. The van der Waals surface area contributed by atoms with E-state index in [9.17, 15) is 4.21 Å². The quantitative estimate of drug-likeness (QED) is 0.589. The Balaban J connectivity index is 1.79. The first-order chi connectivity index (χ1) is 12.3. The molecule has 2 rings (SSSR count). The van der Waals surface area contributed by atoms with Crippen LogP contribution in [0, 0.1) is 0 Å². The highest BCUT2D eigenvalue weighted by Gasteiger charge is 2.29. The Kier molecular flexibility index (Phi) is 7.65. The Morgan fingerprint density at radius 2 is 2.00 bits per heavy atom. The molecular formula is C20H34N4OS. The molecule has 146 valence electrons. The molecule has 1 aliphatic rings. The summed E-state index contributed by atoms with van der Waals surface area (Å²) >= 11 is 0. The van der Waals surface area contributed by atoms with E-state index >= 15 is 0 Å². The van der Waals surface area contributed by atoms with E-state index in [1.165, 1.54) is 5.56 Å². The number of hydrogen-bond donors (Lipinski definition) is 2. The smallest absolute Gasteiger partial charge is 0.191 e. The lowest BCUT2D eigenvalue weighted by Crippen LogP contribution is -2.46. The van der Waals surface area contributed by atoms with E-state index in [1.54, 1.807) is 7.05 Å². The van der Waals surface area contributed by atoms with Crippen molar-refractivity contribution in [1.29, 1.82) is 0 Å². The highest BCUT2D eigenvalue weighted by molar-refractivity contribution is 7.86. The van der Waals surface area contributed by atoms with E-state index in [2.05, 4.69) is 57.8 Å². The zero-order chi connectivity index (χ0) is 19.2. The number of aliphatic imine (C=N–C) groups is 1. The second-order valence-corrected chi connectivity index (χ2v) is 10.3. The molecule has 2 N–H and O–H groups in total. The Hall–Kier alpha value is -1.40. The van der Waals surface area contributed by atoms with Crippen LogP contribution in [0.3, 0.4) is 0 Å². The Morgan fingerprint density at radius 1 is 1.31 bits per heavy atom. The highest BCUT2D eigenvalue weighted by atomic mass is 32.2. The SMILES string of the molecule is CN=C(NCCS(=O)C(C)(C)C)NC1CC(C)N(Cc2ccccc2)C1. The maximum absolute atomic E-state index is 12.1. The first-order valence-electron chi connectivity index (χ1n) is 9.43. The van der Waals surface area contributed by atoms with Crippen LogP contribution >= 0.6 is 0 Å². The minimum atomic E-state index is -0.847. The standard InChI is InChI=1S/C20H34N4OS/c1-16-13-18(15-24(16)14-17-9-7-6-8-10-17)23-19(21-5)22-11-12-26(25)20(2,3)4/h6-10,16,18H,11-15H2,1-5H3,(H2,21,22,23). The van der Waals surface area contributed by atoms with Gasteiger partial charge in [-0.15, -0.1) is 0 Å². The molecule has 5 nitrogen and oxygen atoms in total. The average molecular weight is 379 g/mol. The molecule has 0 spiro atoms. The normalized spacial score (nSPS) is 23.0. The van der Waals surface area contributed by atoms with E-state index in [0.717, 1.165) is 25.5 Å². The van der Waals surface area contributed by atoms with Gasteiger partial charge in [-0.2, -0.15) is 0 Å². The molecule has 0 bridgehead atoms. The van der Waals surface area contributed by atoms with E-state index in [4.69, 9.17) is 0 Å². The maximum Gasteiger partial charge on any atom is 0.191 e. The first kappa shape index (κ1) is 20.9. The van der Waals surface area contributed by atoms with Crippen LogP contribution in [0.2, 0.25) is 0 Å². The predicted octanol–water partition coefficient (Wildman–Crippen LogP) is 2.36. The van der Waals surface area contributed by atoms with Crippen LogP contribution in [0.4, 0.5) is 0 Å². The van der Waals surface area contributed by atoms with Crippen LogP contribution in [0.25, 0.3) is 0 Å². The van der Waals surface area contributed by atoms with Crippen LogP contribution in [0.15, 0.2) is 35.3 Å². The van der Waals surface area contributed by atoms with Gasteiger partial charge in [0, 0.05) is 60.1 Å². The number of hydrogen-bond acceptors (Lipinski definition) is 3. The third-order valence-corrected chi connectivity index (χ3v) is 6.70. The summed E-state index contributed by atoms with van der Waals surface area (Å²) in [5.41, 5.74) is 1.35. The number of guanidine groups is 1. The molecule has 1 saturated heterocycles. The summed E-state index contributed by atoms with van der Waals surface area (Å²) in [5.74, 6) is 1.43. The summed E-state index contributed by atoms with van der Waals surface area (Å²) in [6.07, 6.45) is 1.10. The van der Waals surface area contributed by atoms with Crippen LogP contribution in [0.1, 0.15) is 39.7 Å². The van der Waals surface area contributed by atoms with Gasteiger partial charge in [0.25, 0.3) is 0 Å². The Morgan fingerprint density at radius 3 is 2.62 bits per heavy atom. The number of likely N-dealkylation sites (tertiary alicyclic amines) is 1. The van der Waals surface area contributed by atoms with Gasteiger partial charge in [0.2, 0.25) is 0 Å². The van der Waals surface area contributed by atoms with Gasteiger partial charge in [0.15, 0.2) is 5.96 Å². The predicted molar refractivity (Wildman–Crippen MR) is 112 cm³/mol. The molecule has 0 radical (unpaired) electrons. The summed E-state index contributed by atoms with van der Waals surface area (Å²) in [6.45, 7) is 11.0. The molecule has 26 heavy (non-hydrogen) atoms. The third kappa shape index (κ3) is 6.40. The number of nitrogens with zero attached hydrogens (tertiary/aromatic N) is 2. The minimum absolute atomic E-state index is 0.169. The molecular weight excluding hydrogens is 344 g/mol. The summed E-state index contributed by atoms with van der Waals surface area (Å²) in [5, 5.41) is 6.83. The zero-order valence-corrected chi connectivity index (χ0v) is 17.6. The molecule has 0 amide bonds. The second kappa shape index (κ2) is 9.51. The molecule has 0 saturated carbocycles. The van der Waals surface area contributed by atoms with Crippen molar-refractivity contribution in [3.63, 3.8) is 0 Å². The summed E-state index contributed by atoms with van der Waals surface area (Å²) in [4.78, 5) is 6.83. The lowest BCUT2D eigenvalue weighted by Gasteiger charge is -2.21. The molecule has 1 fully saturated rings. The van der Waals surface area contributed by atoms with Gasteiger partial charge in [0.05, 0.1) is 0 Å². The monoisotopic (exact) mass is 378 g/mol. The lowest BCUT2D eigenvalue weighted by molar-refractivity contribution is 0.258. The van der Waals surface area contributed by atoms with E-state index < -0.39 is 10.8 Å². The Bertz CT molecular complexity index is 612. The van der Waals surface area contributed by atoms with Crippen molar-refractivity contribution < 1.29 is 4.21 Å². The van der Waals surface area contributed by atoms with E-state index in [0.29, 0.717) is 24.4 Å². The fourth-order valence-corrected chi connectivity index (χ4v) is 4.10. The van der Waals surface area contributed by atoms with Crippen molar-refractivity contribution in [2.24, 2.45) is 4.99 Å². The summed E-state index contributed by atoms with van der Waals surface area (Å²) in [7, 11) is 0.941. The molecule has 6 heteroatoms. The Labute approximate surface area is 161 Å². The van der Waals surface area contributed by atoms with Gasteiger partial charge in [-0.1, -0.05) is 30.3 Å². The van der Waals surface area contributed by atoms with Gasteiger partial charge >= 0.3 is 0 Å². The average Bonchev–Trinajstić information content (AvgIpc) is 2.93. The molecule has 3 atom stereocenters. The fourth-order valence-electron chi connectivity index (χ4n) is 3.20. The topological polar surface area (TPSA) is 56.7 Å². The third-order valence-electron chi connectivity index (χ3n) is 4.76. The molecule has 1 aromatic rings. The van der Waals surface area contributed by atoms with E-state index in [-0.39, 0.29) is 4.75 Å². The van der Waals surface area contributed by atoms with Crippen molar-refractivity contribution in [1.82, 2.24) is 15.5 Å². The maximum atomic E-state index is 12.1. The van der Waals surface area contributed by atoms with Crippen LogP contribution in [-0.2, 0) is 17.3 Å². The van der Waals surface area contributed by atoms with Gasteiger partial charge in [-0.05, 0) is 39.7 Å². The van der Waals surface area contributed by atoms with Crippen LogP contribution in [0.5, 0.6) is 0 Å².